The van der Waals surface area contributed by atoms with Crippen LogP contribution in [0.4, 0.5) is 5.82 Å². The average molecular weight is 226 g/mol. The van der Waals surface area contributed by atoms with Gasteiger partial charge in [0.1, 0.15) is 0 Å². The highest BCUT2D eigenvalue weighted by Crippen LogP contribution is 2.30. The van der Waals surface area contributed by atoms with Crippen LogP contribution in [-0.2, 0) is 0 Å². The van der Waals surface area contributed by atoms with Crippen molar-refractivity contribution in [2.75, 3.05) is 5.73 Å². The molecule has 0 fully saturated rings. The number of nitrogens with two attached hydrogens (primary N) is 1. The molecule has 17 heavy (non-hydrogen) atoms. The lowest BCUT2D eigenvalue weighted by Crippen LogP contribution is -1.88. The fourth-order valence-corrected chi connectivity index (χ4v) is 1.82. The lowest BCUT2D eigenvalue weighted by molar-refractivity contribution is 0.461. The summed E-state index contributed by atoms with van der Waals surface area (Å²) in [6, 6.07) is 3.82. The van der Waals surface area contributed by atoms with Crippen LogP contribution in [0.25, 0.3) is 22.2 Å². The predicted octanol–water partition coefficient (Wildman–Crippen LogP) is 2.18. The summed E-state index contributed by atoms with van der Waals surface area (Å²) in [6.45, 7) is 2.02. The van der Waals surface area contributed by atoms with E-state index in [1.165, 1.54) is 0 Å². The normalized spacial score (nSPS) is 10.9. The van der Waals surface area contributed by atoms with E-state index in [0.717, 1.165) is 16.7 Å². The molecule has 3 aromatic heterocycles. The average Bonchev–Trinajstić information content (AvgIpc) is 2.72. The first-order valence-electron chi connectivity index (χ1n) is 5.18. The molecule has 5 heteroatoms. The van der Waals surface area contributed by atoms with Crippen molar-refractivity contribution >= 4 is 16.9 Å². The van der Waals surface area contributed by atoms with Gasteiger partial charge in [0.25, 0.3) is 0 Å². The van der Waals surface area contributed by atoms with Crippen LogP contribution in [0.1, 0.15) is 5.56 Å². The zero-order valence-electron chi connectivity index (χ0n) is 9.21. The van der Waals surface area contributed by atoms with Gasteiger partial charge in [-0.05, 0) is 24.6 Å². The highest BCUT2D eigenvalue weighted by Gasteiger charge is 2.13. The van der Waals surface area contributed by atoms with Crippen LogP contribution in [0.3, 0.4) is 0 Å². The lowest BCUT2D eigenvalue weighted by atomic mass is 10.0. The number of nitrogens with zero attached hydrogens (tertiary/aromatic N) is 3. The Morgan fingerprint density at radius 3 is 2.88 bits per heavy atom. The van der Waals surface area contributed by atoms with Crippen molar-refractivity contribution < 1.29 is 4.52 Å². The van der Waals surface area contributed by atoms with Crippen molar-refractivity contribution in [2.24, 2.45) is 0 Å². The topological polar surface area (TPSA) is 77.8 Å². The van der Waals surface area contributed by atoms with Gasteiger partial charge in [0.15, 0.2) is 16.9 Å². The minimum absolute atomic E-state index is 0.309. The Kier molecular flexibility index (Phi) is 2.04. The number of nitrogen functional groups attached to an aromatic ring is 1. The molecule has 0 bridgehead atoms. The number of anilines is 1. The van der Waals surface area contributed by atoms with Gasteiger partial charge in [0.05, 0.1) is 0 Å². The van der Waals surface area contributed by atoms with Crippen molar-refractivity contribution in [3.8, 4) is 11.1 Å². The van der Waals surface area contributed by atoms with Gasteiger partial charge in [-0.2, -0.15) is 0 Å². The Morgan fingerprint density at radius 2 is 2.06 bits per heavy atom. The van der Waals surface area contributed by atoms with Crippen LogP contribution in [0.15, 0.2) is 35.2 Å². The van der Waals surface area contributed by atoms with Gasteiger partial charge in [-0.15, -0.1) is 0 Å². The highest BCUT2D eigenvalue weighted by atomic mass is 16.5. The summed E-state index contributed by atoms with van der Waals surface area (Å²) in [5, 5.41) is 3.73. The lowest BCUT2D eigenvalue weighted by Gasteiger charge is -2.04. The van der Waals surface area contributed by atoms with Gasteiger partial charge < -0.3 is 10.3 Å². The Balaban J connectivity index is 2.35. The van der Waals surface area contributed by atoms with Gasteiger partial charge in [0.2, 0.25) is 0 Å². The molecule has 3 heterocycles. The fraction of sp³-hybridized carbons (Fsp3) is 0.0833. The Morgan fingerprint density at radius 1 is 1.18 bits per heavy atom. The largest absolute Gasteiger partial charge is 0.379 e. The van der Waals surface area contributed by atoms with Crippen molar-refractivity contribution in [3.63, 3.8) is 0 Å². The van der Waals surface area contributed by atoms with E-state index in [-0.39, 0.29) is 0 Å². The van der Waals surface area contributed by atoms with E-state index in [1.807, 2.05) is 19.1 Å². The van der Waals surface area contributed by atoms with Gasteiger partial charge >= 0.3 is 0 Å². The van der Waals surface area contributed by atoms with Crippen LogP contribution in [0.2, 0.25) is 0 Å². The predicted molar refractivity (Wildman–Crippen MR) is 64.2 cm³/mol. The standard InChI is InChI=1S/C12H10N4O/c1-7-2-4-14-6-9(7)8-3-5-15-10-11(8)17-16-12(10)13/h2-6H,1H3,(H2,13,16). The highest BCUT2D eigenvalue weighted by molar-refractivity contribution is 5.94. The summed E-state index contributed by atoms with van der Waals surface area (Å²) in [4.78, 5) is 8.28. The fourth-order valence-electron chi connectivity index (χ4n) is 1.82. The Bertz CT molecular complexity index is 690. The first-order valence-corrected chi connectivity index (χ1v) is 5.18. The summed E-state index contributed by atoms with van der Waals surface area (Å²) < 4.78 is 5.22. The number of hydrogen-bond donors (Lipinski definition) is 1. The van der Waals surface area contributed by atoms with E-state index >= 15 is 0 Å². The van der Waals surface area contributed by atoms with Gasteiger partial charge in [-0.3, -0.25) is 4.98 Å². The Hall–Kier alpha value is -2.43. The monoisotopic (exact) mass is 226 g/mol. The van der Waals surface area contributed by atoms with Crippen LogP contribution in [-0.4, -0.2) is 15.1 Å². The van der Waals surface area contributed by atoms with Gasteiger partial charge in [0, 0.05) is 29.7 Å². The van der Waals surface area contributed by atoms with Crippen LogP contribution in [0.5, 0.6) is 0 Å². The molecule has 0 spiro atoms. The summed E-state index contributed by atoms with van der Waals surface area (Å²) in [5.74, 6) is 0.309. The second-order valence-electron chi connectivity index (χ2n) is 3.79. The summed E-state index contributed by atoms with van der Waals surface area (Å²) in [5.41, 5.74) is 9.88. The molecule has 84 valence electrons. The number of rotatable bonds is 1. The minimum atomic E-state index is 0.309. The first-order chi connectivity index (χ1) is 8.27. The molecule has 2 N–H and O–H groups in total. The van der Waals surface area contributed by atoms with Crippen LogP contribution < -0.4 is 5.73 Å². The zero-order chi connectivity index (χ0) is 11.8. The SMILES string of the molecule is Cc1ccncc1-c1ccnc2c(N)noc12. The van der Waals surface area contributed by atoms with E-state index in [4.69, 9.17) is 10.3 Å². The Labute approximate surface area is 97.3 Å². The third-order valence-electron chi connectivity index (χ3n) is 2.71. The summed E-state index contributed by atoms with van der Waals surface area (Å²) >= 11 is 0. The number of aryl methyl sites for hydroxylation is 1. The van der Waals surface area contributed by atoms with E-state index in [1.54, 1.807) is 18.6 Å². The third-order valence-corrected chi connectivity index (χ3v) is 2.71. The van der Waals surface area contributed by atoms with Crippen LogP contribution >= 0.6 is 0 Å². The maximum Gasteiger partial charge on any atom is 0.195 e. The second kappa shape index (κ2) is 3.55. The molecule has 0 aliphatic rings. The number of aromatic nitrogens is 3. The van der Waals surface area contributed by atoms with Crippen molar-refractivity contribution in [3.05, 3.63) is 36.3 Å². The quantitative estimate of drug-likeness (QED) is 0.688. The molecule has 0 atom stereocenters. The molecular formula is C12H10N4O. The number of pyridine rings is 2. The molecule has 0 saturated heterocycles. The second-order valence-corrected chi connectivity index (χ2v) is 3.79. The molecule has 0 aliphatic carbocycles. The molecule has 0 aliphatic heterocycles. The van der Waals surface area contributed by atoms with E-state index in [0.29, 0.717) is 16.9 Å². The molecule has 3 aromatic rings. The maximum absolute atomic E-state index is 5.68. The first kappa shape index (κ1) is 9.77. The van der Waals surface area contributed by atoms with E-state index in [9.17, 15) is 0 Å². The molecular weight excluding hydrogens is 216 g/mol. The molecule has 5 nitrogen and oxygen atoms in total. The third kappa shape index (κ3) is 1.44. The minimum Gasteiger partial charge on any atom is -0.379 e. The van der Waals surface area contributed by atoms with Crippen molar-refractivity contribution in [2.45, 2.75) is 6.92 Å². The molecule has 0 unspecified atom stereocenters. The molecule has 0 amide bonds. The smallest absolute Gasteiger partial charge is 0.195 e. The maximum atomic E-state index is 5.68. The molecule has 0 radical (unpaired) electrons. The van der Waals surface area contributed by atoms with Crippen LogP contribution in [0, 0.1) is 6.92 Å². The number of hydrogen-bond acceptors (Lipinski definition) is 5. The molecule has 0 aromatic carbocycles. The molecule has 0 saturated carbocycles. The van der Waals surface area contributed by atoms with Crippen molar-refractivity contribution in [1.82, 2.24) is 15.1 Å². The van der Waals surface area contributed by atoms with Gasteiger partial charge in [-0.1, -0.05) is 5.16 Å². The summed E-state index contributed by atoms with van der Waals surface area (Å²) in [6.07, 6.45) is 5.24. The van der Waals surface area contributed by atoms with E-state index < -0.39 is 0 Å². The summed E-state index contributed by atoms with van der Waals surface area (Å²) in [7, 11) is 0. The number of fused-ring (bicyclic) bond motifs is 1. The molecule has 3 rings (SSSR count). The van der Waals surface area contributed by atoms with E-state index in [2.05, 4.69) is 15.1 Å². The zero-order valence-corrected chi connectivity index (χ0v) is 9.21. The van der Waals surface area contributed by atoms with Crippen molar-refractivity contribution in [1.29, 1.82) is 0 Å². The van der Waals surface area contributed by atoms with Gasteiger partial charge in [-0.25, -0.2) is 4.98 Å².